The molecule has 88 valence electrons. The Hall–Kier alpha value is -1.11. The van der Waals surface area contributed by atoms with Gasteiger partial charge in [-0.25, -0.2) is 4.98 Å². The summed E-state index contributed by atoms with van der Waals surface area (Å²) in [6, 6.07) is 0. The summed E-state index contributed by atoms with van der Waals surface area (Å²) in [5.41, 5.74) is -0.408. The third-order valence-electron chi connectivity index (χ3n) is 2.17. The molecule has 0 bridgehead atoms. The van der Waals surface area contributed by atoms with Crippen LogP contribution in [0.2, 0.25) is 5.02 Å². The van der Waals surface area contributed by atoms with Crippen LogP contribution in [-0.2, 0) is 4.74 Å². The molecule has 2 heterocycles. The van der Waals surface area contributed by atoms with Crippen LogP contribution in [0.25, 0.3) is 0 Å². The molecular formula is C9H12ClN3O3. The third kappa shape index (κ3) is 2.72. The molecular weight excluding hydrogens is 234 g/mol. The topological polar surface area (TPSA) is 76.2 Å². The zero-order valence-electron chi connectivity index (χ0n) is 8.53. The van der Waals surface area contributed by atoms with Gasteiger partial charge in [0.2, 0.25) is 5.88 Å². The predicted octanol–water partition coefficient (Wildman–Crippen LogP) is -0.210. The smallest absolute Gasteiger partial charge is 0.273 e. The Morgan fingerprint density at radius 3 is 3.31 bits per heavy atom. The number of aromatic amines is 1. The van der Waals surface area contributed by atoms with Gasteiger partial charge in [0.25, 0.3) is 5.56 Å². The minimum absolute atomic E-state index is 0.0359. The zero-order valence-corrected chi connectivity index (χ0v) is 9.29. The number of H-pyrrole nitrogens is 1. The van der Waals surface area contributed by atoms with Crippen LogP contribution in [0.1, 0.15) is 0 Å². The number of nitrogens with zero attached hydrogens (tertiary/aromatic N) is 1. The Morgan fingerprint density at radius 2 is 2.56 bits per heavy atom. The minimum Gasteiger partial charge on any atom is -0.474 e. The van der Waals surface area contributed by atoms with Crippen molar-refractivity contribution < 1.29 is 9.47 Å². The molecule has 0 radical (unpaired) electrons. The number of halogens is 1. The van der Waals surface area contributed by atoms with Crippen molar-refractivity contribution in [3.8, 4) is 5.88 Å². The first-order valence-electron chi connectivity index (χ1n) is 4.95. The normalized spacial score (nSPS) is 20.7. The molecule has 6 nitrogen and oxygen atoms in total. The Bertz CT molecular complexity index is 403. The number of hydrogen-bond donors (Lipinski definition) is 2. The molecule has 1 aromatic rings. The first-order chi connectivity index (χ1) is 7.77. The maximum Gasteiger partial charge on any atom is 0.273 e. The lowest BCUT2D eigenvalue weighted by molar-refractivity contribution is -0.000768. The fourth-order valence-electron chi connectivity index (χ4n) is 1.37. The Balaban J connectivity index is 1.93. The van der Waals surface area contributed by atoms with Gasteiger partial charge in [-0.05, 0) is 0 Å². The van der Waals surface area contributed by atoms with E-state index in [-0.39, 0.29) is 17.0 Å². The van der Waals surface area contributed by atoms with E-state index in [4.69, 9.17) is 21.1 Å². The number of morpholine rings is 1. The first-order valence-corrected chi connectivity index (χ1v) is 5.33. The SMILES string of the molecule is O=c1[nH]cnc(OCC2CNCCO2)c1Cl. The highest BCUT2D eigenvalue weighted by molar-refractivity contribution is 6.31. The highest BCUT2D eigenvalue weighted by atomic mass is 35.5. The van der Waals surface area contributed by atoms with Gasteiger partial charge in [0, 0.05) is 13.1 Å². The van der Waals surface area contributed by atoms with E-state index < -0.39 is 5.56 Å². The van der Waals surface area contributed by atoms with E-state index in [0.29, 0.717) is 13.2 Å². The van der Waals surface area contributed by atoms with Crippen LogP contribution in [0.15, 0.2) is 11.1 Å². The van der Waals surface area contributed by atoms with Crippen molar-refractivity contribution in [3.05, 3.63) is 21.7 Å². The van der Waals surface area contributed by atoms with Crippen LogP contribution >= 0.6 is 11.6 Å². The molecule has 7 heteroatoms. The van der Waals surface area contributed by atoms with Gasteiger partial charge in [0.1, 0.15) is 12.7 Å². The predicted molar refractivity (Wildman–Crippen MR) is 58.0 cm³/mol. The first kappa shape index (κ1) is 11.4. The molecule has 2 N–H and O–H groups in total. The van der Waals surface area contributed by atoms with Crippen molar-refractivity contribution in [1.82, 2.24) is 15.3 Å². The number of ether oxygens (including phenoxy) is 2. The summed E-state index contributed by atoms with van der Waals surface area (Å²) >= 11 is 5.72. The quantitative estimate of drug-likeness (QED) is 0.771. The van der Waals surface area contributed by atoms with Crippen molar-refractivity contribution in [2.75, 3.05) is 26.3 Å². The van der Waals surface area contributed by atoms with Crippen LogP contribution in [0.3, 0.4) is 0 Å². The lowest BCUT2D eigenvalue weighted by Gasteiger charge is -2.23. The largest absolute Gasteiger partial charge is 0.474 e. The summed E-state index contributed by atoms with van der Waals surface area (Å²) in [5.74, 6) is 0.139. The highest BCUT2D eigenvalue weighted by Crippen LogP contribution is 2.15. The second-order valence-electron chi connectivity index (χ2n) is 3.36. The molecule has 1 aromatic heterocycles. The van der Waals surface area contributed by atoms with Gasteiger partial charge >= 0.3 is 0 Å². The lowest BCUT2D eigenvalue weighted by Crippen LogP contribution is -2.41. The summed E-state index contributed by atoms with van der Waals surface area (Å²) in [6.45, 7) is 2.55. The van der Waals surface area contributed by atoms with E-state index in [9.17, 15) is 4.79 Å². The second-order valence-corrected chi connectivity index (χ2v) is 3.74. The van der Waals surface area contributed by atoms with Gasteiger partial charge in [-0.2, -0.15) is 0 Å². The van der Waals surface area contributed by atoms with Crippen LogP contribution in [0.4, 0.5) is 0 Å². The lowest BCUT2D eigenvalue weighted by atomic mass is 10.3. The molecule has 0 saturated carbocycles. The number of rotatable bonds is 3. The Morgan fingerprint density at radius 1 is 1.69 bits per heavy atom. The number of nitrogens with one attached hydrogen (secondary N) is 2. The van der Waals surface area contributed by atoms with Crippen molar-refractivity contribution >= 4 is 11.6 Å². The maximum absolute atomic E-state index is 11.1. The van der Waals surface area contributed by atoms with E-state index in [0.717, 1.165) is 13.1 Å². The molecule has 1 unspecified atom stereocenters. The van der Waals surface area contributed by atoms with Gasteiger partial charge in [-0.15, -0.1) is 0 Å². The average molecular weight is 246 g/mol. The van der Waals surface area contributed by atoms with E-state index in [1.54, 1.807) is 0 Å². The van der Waals surface area contributed by atoms with Gasteiger partial charge in [0.05, 0.1) is 12.9 Å². The Labute approximate surface area is 96.9 Å². The van der Waals surface area contributed by atoms with E-state index in [1.165, 1.54) is 6.33 Å². The van der Waals surface area contributed by atoms with Gasteiger partial charge < -0.3 is 19.8 Å². The maximum atomic E-state index is 11.1. The van der Waals surface area contributed by atoms with E-state index >= 15 is 0 Å². The van der Waals surface area contributed by atoms with Gasteiger partial charge in [0.15, 0.2) is 5.02 Å². The molecule has 1 aliphatic heterocycles. The van der Waals surface area contributed by atoms with Gasteiger partial charge in [-0.1, -0.05) is 11.6 Å². The van der Waals surface area contributed by atoms with E-state index in [2.05, 4.69) is 15.3 Å². The molecule has 0 spiro atoms. The fourth-order valence-corrected chi connectivity index (χ4v) is 1.52. The van der Waals surface area contributed by atoms with Crippen LogP contribution < -0.4 is 15.6 Å². The summed E-state index contributed by atoms with van der Waals surface area (Å²) in [4.78, 5) is 17.3. The van der Waals surface area contributed by atoms with Crippen LogP contribution in [0.5, 0.6) is 5.88 Å². The fraction of sp³-hybridized carbons (Fsp3) is 0.556. The summed E-state index contributed by atoms with van der Waals surface area (Å²) in [7, 11) is 0. The molecule has 0 aliphatic carbocycles. The standard InChI is InChI=1S/C9H12ClN3O3/c10-7-8(14)12-5-13-9(7)16-4-6-3-11-1-2-15-6/h5-6,11H,1-4H2,(H,12,13,14). The summed E-state index contributed by atoms with van der Waals surface area (Å²) in [6.07, 6.45) is 1.22. The molecule has 0 aromatic carbocycles. The highest BCUT2D eigenvalue weighted by Gasteiger charge is 2.15. The molecule has 16 heavy (non-hydrogen) atoms. The molecule has 1 saturated heterocycles. The van der Waals surface area contributed by atoms with Gasteiger partial charge in [-0.3, -0.25) is 4.79 Å². The molecule has 2 rings (SSSR count). The number of hydrogen-bond acceptors (Lipinski definition) is 5. The Kier molecular flexibility index (Phi) is 3.76. The molecule has 1 atom stereocenters. The second kappa shape index (κ2) is 5.29. The molecule has 0 amide bonds. The van der Waals surface area contributed by atoms with Crippen molar-refractivity contribution in [2.24, 2.45) is 0 Å². The molecule has 1 fully saturated rings. The van der Waals surface area contributed by atoms with Crippen molar-refractivity contribution in [1.29, 1.82) is 0 Å². The van der Waals surface area contributed by atoms with Crippen molar-refractivity contribution in [3.63, 3.8) is 0 Å². The van der Waals surface area contributed by atoms with Crippen LogP contribution in [0, 0.1) is 0 Å². The van der Waals surface area contributed by atoms with Crippen molar-refractivity contribution in [2.45, 2.75) is 6.10 Å². The van der Waals surface area contributed by atoms with E-state index in [1.807, 2.05) is 0 Å². The van der Waals surface area contributed by atoms with Crippen LogP contribution in [-0.4, -0.2) is 42.4 Å². The summed E-state index contributed by atoms with van der Waals surface area (Å²) in [5, 5.41) is 3.13. The number of aromatic nitrogens is 2. The minimum atomic E-state index is -0.408. The summed E-state index contributed by atoms with van der Waals surface area (Å²) < 4.78 is 10.8. The monoisotopic (exact) mass is 245 g/mol. The third-order valence-corrected chi connectivity index (χ3v) is 2.51. The molecule has 1 aliphatic rings. The zero-order chi connectivity index (χ0) is 11.4. The average Bonchev–Trinajstić information content (AvgIpc) is 2.32.